The van der Waals surface area contributed by atoms with Gasteiger partial charge in [0.2, 0.25) is 0 Å². The van der Waals surface area contributed by atoms with Crippen molar-refractivity contribution >= 4 is 11.6 Å². The van der Waals surface area contributed by atoms with Crippen LogP contribution in [-0.2, 0) is 0 Å². The molecule has 3 nitrogen and oxygen atoms in total. The van der Waals surface area contributed by atoms with E-state index in [1.165, 1.54) is 19.3 Å². The summed E-state index contributed by atoms with van der Waals surface area (Å²) in [7, 11) is 0. The van der Waals surface area contributed by atoms with Crippen LogP contribution in [0.2, 0.25) is 0 Å². The Labute approximate surface area is 115 Å². The standard InChI is InChI=1S/C16H22N2O/c1-3-10-17-16(19)14-6-8-15(9-7-14)18-12(2)11-13-4-5-13/h3,6-9,12-13,18H,1,4-5,10-11H2,2H3,(H,17,19). The highest BCUT2D eigenvalue weighted by atomic mass is 16.1. The Morgan fingerprint density at radius 3 is 2.68 bits per heavy atom. The predicted octanol–water partition coefficient (Wildman–Crippen LogP) is 3.20. The smallest absolute Gasteiger partial charge is 0.251 e. The van der Waals surface area contributed by atoms with Crippen molar-refractivity contribution in [2.45, 2.75) is 32.2 Å². The van der Waals surface area contributed by atoms with Crippen molar-refractivity contribution in [1.29, 1.82) is 0 Å². The molecule has 1 aromatic rings. The summed E-state index contributed by atoms with van der Waals surface area (Å²) in [6, 6.07) is 8.13. The topological polar surface area (TPSA) is 41.1 Å². The summed E-state index contributed by atoms with van der Waals surface area (Å²) in [5, 5.41) is 6.24. The van der Waals surface area contributed by atoms with Crippen molar-refractivity contribution in [3.63, 3.8) is 0 Å². The normalized spacial score (nSPS) is 15.6. The molecule has 1 amide bonds. The third kappa shape index (κ3) is 4.43. The van der Waals surface area contributed by atoms with Crippen LogP contribution in [0.4, 0.5) is 5.69 Å². The fourth-order valence-electron chi connectivity index (χ4n) is 2.18. The van der Waals surface area contributed by atoms with Crippen LogP contribution < -0.4 is 10.6 Å². The Morgan fingerprint density at radius 1 is 1.42 bits per heavy atom. The zero-order valence-corrected chi connectivity index (χ0v) is 11.5. The highest BCUT2D eigenvalue weighted by molar-refractivity contribution is 5.94. The van der Waals surface area contributed by atoms with Crippen molar-refractivity contribution in [2.24, 2.45) is 5.92 Å². The van der Waals surface area contributed by atoms with Gasteiger partial charge in [0, 0.05) is 23.8 Å². The second kappa shape index (κ2) is 6.41. The van der Waals surface area contributed by atoms with E-state index in [4.69, 9.17) is 0 Å². The van der Waals surface area contributed by atoms with Crippen LogP contribution >= 0.6 is 0 Å². The first-order valence-electron chi connectivity index (χ1n) is 6.94. The predicted molar refractivity (Wildman–Crippen MR) is 79.4 cm³/mol. The van der Waals surface area contributed by atoms with Crippen molar-refractivity contribution in [3.8, 4) is 0 Å². The molecule has 0 saturated heterocycles. The first-order valence-corrected chi connectivity index (χ1v) is 6.94. The van der Waals surface area contributed by atoms with E-state index in [9.17, 15) is 4.79 Å². The number of hydrogen-bond acceptors (Lipinski definition) is 2. The Kier molecular flexibility index (Phi) is 4.61. The van der Waals surface area contributed by atoms with Gasteiger partial charge in [-0.25, -0.2) is 0 Å². The maximum absolute atomic E-state index is 11.7. The lowest BCUT2D eigenvalue weighted by atomic mass is 10.1. The summed E-state index contributed by atoms with van der Waals surface area (Å²) < 4.78 is 0. The molecule has 1 aliphatic carbocycles. The van der Waals surface area contributed by atoms with Gasteiger partial charge < -0.3 is 10.6 Å². The van der Waals surface area contributed by atoms with Crippen LogP contribution in [0, 0.1) is 5.92 Å². The molecule has 1 atom stereocenters. The molecule has 2 N–H and O–H groups in total. The van der Waals surface area contributed by atoms with E-state index in [0.29, 0.717) is 18.2 Å². The average molecular weight is 258 g/mol. The number of hydrogen-bond donors (Lipinski definition) is 2. The molecule has 0 spiro atoms. The van der Waals surface area contributed by atoms with Crippen molar-refractivity contribution in [2.75, 3.05) is 11.9 Å². The number of amides is 1. The van der Waals surface area contributed by atoms with Gasteiger partial charge in [-0.05, 0) is 43.5 Å². The Morgan fingerprint density at radius 2 is 2.11 bits per heavy atom. The van der Waals surface area contributed by atoms with E-state index < -0.39 is 0 Å². The first kappa shape index (κ1) is 13.7. The van der Waals surface area contributed by atoms with Gasteiger partial charge in [0.15, 0.2) is 0 Å². The minimum absolute atomic E-state index is 0.0579. The molecule has 0 bridgehead atoms. The molecule has 0 aliphatic heterocycles. The van der Waals surface area contributed by atoms with Crippen molar-refractivity contribution in [3.05, 3.63) is 42.5 Å². The third-order valence-corrected chi connectivity index (χ3v) is 3.35. The summed E-state index contributed by atoms with van der Waals surface area (Å²) in [5.41, 5.74) is 1.76. The average Bonchev–Trinajstić information content (AvgIpc) is 3.20. The first-order chi connectivity index (χ1) is 9.19. The zero-order valence-electron chi connectivity index (χ0n) is 11.5. The van der Waals surface area contributed by atoms with Crippen LogP contribution in [0.1, 0.15) is 36.5 Å². The summed E-state index contributed by atoms with van der Waals surface area (Å²) in [5.74, 6) is 0.865. The molecule has 1 saturated carbocycles. The summed E-state index contributed by atoms with van der Waals surface area (Å²) in [6.07, 6.45) is 5.68. The second-order valence-electron chi connectivity index (χ2n) is 5.30. The molecule has 0 heterocycles. The van der Waals surface area contributed by atoms with Crippen LogP contribution in [0.15, 0.2) is 36.9 Å². The van der Waals surface area contributed by atoms with Crippen LogP contribution in [0.3, 0.4) is 0 Å². The zero-order chi connectivity index (χ0) is 13.7. The monoisotopic (exact) mass is 258 g/mol. The van der Waals surface area contributed by atoms with E-state index >= 15 is 0 Å². The van der Waals surface area contributed by atoms with Gasteiger partial charge in [-0.3, -0.25) is 4.79 Å². The van der Waals surface area contributed by atoms with Gasteiger partial charge in [0.25, 0.3) is 5.91 Å². The van der Waals surface area contributed by atoms with Gasteiger partial charge >= 0.3 is 0 Å². The summed E-state index contributed by atoms with van der Waals surface area (Å²) >= 11 is 0. The molecule has 0 aromatic heterocycles. The summed E-state index contributed by atoms with van der Waals surface area (Å²) in [6.45, 7) is 6.29. The fourth-order valence-corrected chi connectivity index (χ4v) is 2.18. The maximum atomic E-state index is 11.7. The molecule has 1 aliphatic rings. The Bertz CT molecular complexity index is 435. The van der Waals surface area contributed by atoms with E-state index in [2.05, 4.69) is 24.1 Å². The Balaban J connectivity index is 1.86. The molecular weight excluding hydrogens is 236 g/mol. The van der Waals surface area contributed by atoms with Gasteiger partial charge in [-0.2, -0.15) is 0 Å². The Hall–Kier alpha value is -1.77. The van der Waals surface area contributed by atoms with Gasteiger partial charge in [-0.15, -0.1) is 6.58 Å². The molecule has 1 unspecified atom stereocenters. The van der Waals surface area contributed by atoms with Gasteiger partial charge in [0.1, 0.15) is 0 Å². The van der Waals surface area contributed by atoms with Crippen LogP contribution in [0.5, 0.6) is 0 Å². The highest BCUT2D eigenvalue weighted by Gasteiger charge is 2.23. The number of carbonyl (C=O) groups is 1. The fraction of sp³-hybridized carbons (Fsp3) is 0.438. The number of carbonyl (C=O) groups excluding carboxylic acids is 1. The second-order valence-corrected chi connectivity index (χ2v) is 5.30. The molecule has 0 radical (unpaired) electrons. The van der Waals surface area contributed by atoms with Crippen molar-refractivity contribution in [1.82, 2.24) is 5.32 Å². The highest BCUT2D eigenvalue weighted by Crippen LogP contribution is 2.34. The number of nitrogens with one attached hydrogen (secondary N) is 2. The molecule has 2 rings (SSSR count). The molecular formula is C16H22N2O. The number of benzene rings is 1. The lowest BCUT2D eigenvalue weighted by Gasteiger charge is -2.15. The van der Waals surface area contributed by atoms with Crippen molar-refractivity contribution < 1.29 is 4.79 Å². The maximum Gasteiger partial charge on any atom is 0.251 e. The van der Waals surface area contributed by atoms with E-state index in [0.717, 1.165) is 11.6 Å². The number of anilines is 1. The minimum atomic E-state index is -0.0579. The molecule has 19 heavy (non-hydrogen) atoms. The van der Waals surface area contributed by atoms with Gasteiger partial charge in [-0.1, -0.05) is 18.9 Å². The van der Waals surface area contributed by atoms with E-state index in [1.807, 2.05) is 24.3 Å². The third-order valence-electron chi connectivity index (χ3n) is 3.35. The van der Waals surface area contributed by atoms with Crippen LogP contribution in [0.25, 0.3) is 0 Å². The lowest BCUT2D eigenvalue weighted by Crippen LogP contribution is -2.23. The van der Waals surface area contributed by atoms with Crippen LogP contribution in [-0.4, -0.2) is 18.5 Å². The number of rotatable bonds is 7. The molecule has 102 valence electrons. The molecule has 3 heteroatoms. The van der Waals surface area contributed by atoms with Gasteiger partial charge in [0.05, 0.1) is 0 Å². The molecule has 1 fully saturated rings. The lowest BCUT2D eigenvalue weighted by molar-refractivity contribution is 0.0958. The summed E-state index contributed by atoms with van der Waals surface area (Å²) in [4.78, 5) is 11.7. The molecule has 1 aromatic carbocycles. The van der Waals surface area contributed by atoms with E-state index in [1.54, 1.807) is 6.08 Å². The van der Waals surface area contributed by atoms with E-state index in [-0.39, 0.29) is 5.91 Å². The minimum Gasteiger partial charge on any atom is -0.383 e. The SMILES string of the molecule is C=CCNC(=O)c1ccc(NC(C)CC2CC2)cc1. The quantitative estimate of drug-likeness (QED) is 0.737. The largest absolute Gasteiger partial charge is 0.383 e.